The Hall–Kier alpha value is -1.10. The maximum Gasteiger partial charge on any atom is 0.252 e. The van der Waals surface area contributed by atoms with Gasteiger partial charge < -0.3 is 15.0 Å². The van der Waals surface area contributed by atoms with Gasteiger partial charge in [0.05, 0.1) is 0 Å². The van der Waals surface area contributed by atoms with Gasteiger partial charge >= 0.3 is 0 Å². The maximum absolute atomic E-state index is 12.1. The van der Waals surface area contributed by atoms with Crippen molar-refractivity contribution in [3.8, 4) is 0 Å². The molecule has 0 saturated carbocycles. The fourth-order valence-corrected chi connectivity index (χ4v) is 2.19. The van der Waals surface area contributed by atoms with E-state index in [0.717, 1.165) is 19.3 Å². The van der Waals surface area contributed by atoms with Crippen molar-refractivity contribution in [1.29, 1.82) is 0 Å². The first-order valence-corrected chi connectivity index (χ1v) is 6.25. The Morgan fingerprint density at radius 2 is 2.18 bits per heavy atom. The Balaban J connectivity index is 2.70. The molecule has 0 bridgehead atoms. The standard InChI is InChI=1S/C12H22N2O3/c1-4-17-9(2)12(16)14-8-6-5-7-10(14)11(15)13-3/h9-10H,4-8H2,1-3H3,(H,13,15). The third-order valence-corrected chi connectivity index (χ3v) is 3.10. The SMILES string of the molecule is CCOC(C)C(=O)N1CCCCC1C(=O)NC. The van der Waals surface area contributed by atoms with Gasteiger partial charge in [-0.2, -0.15) is 0 Å². The molecule has 1 aliphatic rings. The molecule has 1 rings (SSSR count). The van der Waals surface area contributed by atoms with Crippen LogP contribution < -0.4 is 5.32 Å². The summed E-state index contributed by atoms with van der Waals surface area (Å²) in [6, 6.07) is -0.329. The number of amides is 2. The number of carbonyl (C=O) groups is 2. The molecule has 17 heavy (non-hydrogen) atoms. The first-order valence-electron chi connectivity index (χ1n) is 6.25. The van der Waals surface area contributed by atoms with Gasteiger partial charge in [-0.15, -0.1) is 0 Å². The lowest BCUT2D eigenvalue weighted by molar-refractivity contribution is -0.150. The molecular formula is C12H22N2O3. The zero-order chi connectivity index (χ0) is 12.8. The largest absolute Gasteiger partial charge is 0.369 e. The van der Waals surface area contributed by atoms with Gasteiger partial charge in [-0.3, -0.25) is 9.59 Å². The molecule has 5 heteroatoms. The summed E-state index contributed by atoms with van der Waals surface area (Å²) in [6.07, 6.45) is 2.22. The van der Waals surface area contributed by atoms with Crippen molar-refractivity contribution < 1.29 is 14.3 Å². The summed E-state index contributed by atoms with van der Waals surface area (Å²) in [7, 11) is 1.60. The molecule has 0 aromatic carbocycles. The molecule has 1 saturated heterocycles. The van der Waals surface area contributed by atoms with Crippen molar-refractivity contribution in [1.82, 2.24) is 10.2 Å². The van der Waals surface area contributed by atoms with E-state index in [4.69, 9.17) is 4.74 Å². The van der Waals surface area contributed by atoms with Gasteiger partial charge in [0.15, 0.2) is 0 Å². The highest BCUT2D eigenvalue weighted by atomic mass is 16.5. The molecular weight excluding hydrogens is 220 g/mol. The molecule has 1 fully saturated rings. The normalized spacial score (nSPS) is 22.1. The number of carbonyl (C=O) groups excluding carboxylic acids is 2. The van der Waals surface area contributed by atoms with E-state index < -0.39 is 6.10 Å². The molecule has 98 valence electrons. The van der Waals surface area contributed by atoms with E-state index in [1.807, 2.05) is 6.92 Å². The molecule has 0 aliphatic carbocycles. The van der Waals surface area contributed by atoms with E-state index >= 15 is 0 Å². The predicted molar refractivity (Wildman–Crippen MR) is 64.5 cm³/mol. The third-order valence-electron chi connectivity index (χ3n) is 3.10. The van der Waals surface area contributed by atoms with Crippen LogP contribution in [0.5, 0.6) is 0 Å². The monoisotopic (exact) mass is 242 g/mol. The molecule has 1 aliphatic heterocycles. The second-order valence-corrected chi connectivity index (χ2v) is 4.26. The topological polar surface area (TPSA) is 58.6 Å². The number of likely N-dealkylation sites (N-methyl/N-ethyl adjacent to an activating group) is 1. The minimum Gasteiger partial charge on any atom is -0.369 e. The van der Waals surface area contributed by atoms with Crippen LogP contribution in [0.3, 0.4) is 0 Å². The Kier molecular flexibility index (Phi) is 5.41. The van der Waals surface area contributed by atoms with Crippen LogP contribution >= 0.6 is 0 Å². The number of nitrogens with one attached hydrogen (secondary N) is 1. The third kappa shape index (κ3) is 3.43. The fourth-order valence-electron chi connectivity index (χ4n) is 2.19. The number of hydrogen-bond acceptors (Lipinski definition) is 3. The fraction of sp³-hybridized carbons (Fsp3) is 0.833. The second-order valence-electron chi connectivity index (χ2n) is 4.26. The lowest BCUT2D eigenvalue weighted by Gasteiger charge is -2.35. The molecule has 1 N–H and O–H groups in total. The summed E-state index contributed by atoms with van der Waals surface area (Å²) in [5, 5.41) is 2.62. The minimum absolute atomic E-state index is 0.0817. The highest BCUT2D eigenvalue weighted by molar-refractivity contribution is 5.89. The smallest absolute Gasteiger partial charge is 0.252 e. The van der Waals surface area contributed by atoms with Crippen LogP contribution in [-0.2, 0) is 14.3 Å². The molecule has 2 unspecified atom stereocenters. The van der Waals surface area contributed by atoms with Crippen molar-refractivity contribution >= 4 is 11.8 Å². The van der Waals surface area contributed by atoms with Crippen molar-refractivity contribution in [2.45, 2.75) is 45.3 Å². The van der Waals surface area contributed by atoms with Crippen LogP contribution in [0.15, 0.2) is 0 Å². The molecule has 2 atom stereocenters. The lowest BCUT2D eigenvalue weighted by atomic mass is 10.0. The second kappa shape index (κ2) is 6.59. The highest BCUT2D eigenvalue weighted by Gasteiger charge is 2.33. The average molecular weight is 242 g/mol. The zero-order valence-corrected chi connectivity index (χ0v) is 10.9. The Bertz CT molecular complexity index is 281. The number of nitrogens with zero attached hydrogens (tertiary/aromatic N) is 1. The van der Waals surface area contributed by atoms with Gasteiger partial charge in [-0.05, 0) is 33.1 Å². The van der Waals surface area contributed by atoms with E-state index in [1.165, 1.54) is 0 Å². The van der Waals surface area contributed by atoms with Gasteiger partial charge in [0.2, 0.25) is 5.91 Å². The first kappa shape index (κ1) is 14.0. The quantitative estimate of drug-likeness (QED) is 0.782. The molecule has 2 amide bonds. The molecule has 5 nitrogen and oxygen atoms in total. The van der Waals surface area contributed by atoms with Crippen LogP contribution in [0.25, 0.3) is 0 Å². The predicted octanol–water partition coefficient (Wildman–Crippen LogP) is 0.539. The van der Waals surface area contributed by atoms with Gasteiger partial charge in [-0.1, -0.05) is 0 Å². The number of rotatable bonds is 4. The zero-order valence-electron chi connectivity index (χ0n) is 10.9. The van der Waals surface area contributed by atoms with E-state index in [-0.39, 0.29) is 17.9 Å². The summed E-state index contributed by atoms with van der Waals surface area (Å²) in [4.78, 5) is 25.5. The molecule has 1 heterocycles. The van der Waals surface area contributed by atoms with Crippen LogP contribution in [0.4, 0.5) is 0 Å². The van der Waals surface area contributed by atoms with Gasteiger partial charge in [-0.25, -0.2) is 0 Å². The molecule has 0 radical (unpaired) electrons. The van der Waals surface area contributed by atoms with Crippen molar-refractivity contribution in [3.63, 3.8) is 0 Å². The summed E-state index contributed by atoms with van der Waals surface area (Å²) in [5.74, 6) is -0.165. The number of ether oxygens (including phenoxy) is 1. The lowest BCUT2D eigenvalue weighted by Crippen LogP contribution is -2.53. The number of hydrogen-bond donors (Lipinski definition) is 1. The Morgan fingerprint density at radius 3 is 2.76 bits per heavy atom. The Labute approximate surface area is 102 Å². The van der Waals surface area contributed by atoms with Crippen LogP contribution in [-0.4, -0.2) is 49.1 Å². The molecule has 0 aromatic rings. The van der Waals surface area contributed by atoms with Gasteiger partial charge in [0.25, 0.3) is 5.91 Å². The highest BCUT2D eigenvalue weighted by Crippen LogP contribution is 2.18. The summed E-state index contributed by atoms with van der Waals surface area (Å²) in [5.41, 5.74) is 0. The minimum atomic E-state index is -0.467. The molecule has 0 spiro atoms. The summed E-state index contributed by atoms with van der Waals surface area (Å²) >= 11 is 0. The van der Waals surface area contributed by atoms with Crippen molar-refractivity contribution in [2.24, 2.45) is 0 Å². The van der Waals surface area contributed by atoms with Crippen molar-refractivity contribution in [2.75, 3.05) is 20.2 Å². The van der Waals surface area contributed by atoms with Crippen LogP contribution in [0.2, 0.25) is 0 Å². The maximum atomic E-state index is 12.1. The summed E-state index contributed by atoms with van der Waals surface area (Å²) < 4.78 is 5.30. The Morgan fingerprint density at radius 1 is 1.47 bits per heavy atom. The van der Waals surface area contributed by atoms with Crippen molar-refractivity contribution in [3.05, 3.63) is 0 Å². The van der Waals surface area contributed by atoms with E-state index in [9.17, 15) is 9.59 Å². The van der Waals surface area contributed by atoms with Crippen LogP contribution in [0, 0.1) is 0 Å². The molecule has 0 aromatic heterocycles. The average Bonchev–Trinajstić information content (AvgIpc) is 2.37. The van der Waals surface area contributed by atoms with Crippen LogP contribution in [0.1, 0.15) is 33.1 Å². The summed E-state index contributed by atoms with van der Waals surface area (Å²) in [6.45, 7) is 4.75. The van der Waals surface area contributed by atoms with E-state index in [0.29, 0.717) is 13.2 Å². The number of likely N-dealkylation sites (tertiary alicyclic amines) is 1. The first-order chi connectivity index (χ1) is 8.11. The van der Waals surface area contributed by atoms with Gasteiger partial charge in [0, 0.05) is 20.2 Å². The van der Waals surface area contributed by atoms with E-state index in [2.05, 4.69) is 5.32 Å². The number of piperidine rings is 1. The van der Waals surface area contributed by atoms with Gasteiger partial charge in [0.1, 0.15) is 12.1 Å². The van der Waals surface area contributed by atoms with E-state index in [1.54, 1.807) is 18.9 Å².